The number of aryl methyl sites for hydroxylation is 1. The molecule has 0 amide bonds. The maximum absolute atomic E-state index is 5.62. The van der Waals surface area contributed by atoms with Crippen LogP contribution in [0.4, 0.5) is 0 Å². The average molecular weight is 191 g/mol. The molecule has 0 radical (unpaired) electrons. The van der Waals surface area contributed by atoms with Crippen molar-refractivity contribution < 1.29 is 0 Å². The van der Waals surface area contributed by atoms with Crippen LogP contribution in [0.5, 0.6) is 0 Å². The van der Waals surface area contributed by atoms with Crippen molar-refractivity contribution in [1.29, 1.82) is 0 Å². The van der Waals surface area contributed by atoms with Crippen LogP contribution in [0.2, 0.25) is 0 Å². The Balaban J connectivity index is 2.29. The van der Waals surface area contributed by atoms with Crippen LogP contribution in [-0.4, -0.2) is 9.97 Å². The van der Waals surface area contributed by atoms with Gasteiger partial charge < -0.3 is 5.73 Å². The lowest BCUT2D eigenvalue weighted by atomic mass is 10.1. The monoisotopic (exact) mass is 191 g/mol. The summed E-state index contributed by atoms with van der Waals surface area (Å²) in [6.07, 6.45) is 3.08. The van der Waals surface area contributed by atoms with E-state index in [2.05, 4.69) is 23.8 Å². The summed E-state index contributed by atoms with van der Waals surface area (Å²) in [6, 6.07) is 0. The summed E-state index contributed by atoms with van der Waals surface area (Å²) < 4.78 is 0. The van der Waals surface area contributed by atoms with E-state index in [1.165, 1.54) is 6.42 Å². The Morgan fingerprint density at radius 2 is 2.21 bits per heavy atom. The summed E-state index contributed by atoms with van der Waals surface area (Å²) in [5, 5.41) is 0. The van der Waals surface area contributed by atoms with E-state index in [1.54, 1.807) is 0 Å². The predicted octanol–water partition coefficient (Wildman–Crippen LogP) is 1.76. The number of rotatable bonds is 2. The van der Waals surface area contributed by atoms with Gasteiger partial charge >= 0.3 is 0 Å². The molecule has 0 bridgehead atoms. The van der Waals surface area contributed by atoms with Crippen molar-refractivity contribution in [3.63, 3.8) is 0 Å². The summed E-state index contributed by atoms with van der Waals surface area (Å²) in [5.41, 5.74) is 8.08. The maximum atomic E-state index is 5.62. The molecule has 1 saturated carbocycles. The smallest absolute Gasteiger partial charge is 0.132 e. The van der Waals surface area contributed by atoms with Gasteiger partial charge in [-0.25, -0.2) is 9.97 Å². The third-order valence-electron chi connectivity index (χ3n) is 3.11. The number of hydrogen-bond donors (Lipinski definition) is 1. The van der Waals surface area contributed by atoms with Gasteiger partial charge in [-0.1, -0.05) is 13.8 Å². The molecule has 3 nitrogen and oxygen atoms in total. The van der Waals surface area contributed by atoms with E-state index in [0.717, 1.165) is 17.1 Å². The highest BCUT2D eigenvalue weighted by Crippen LogP contribution is 2.57. The first-order valence-electron chi connectivity index (χ1n) is 5.07. The summed E-state index contributed by atoms with van der Waals surface area (Å²) in [6.45, 7) is 7.02. The average Bonchev–Trinajstić information content (AvgIpc) is 2.76. The fraction of sp³-hybridized carbons (Fsp3) is 0.636. The first kappa shape index (κ1) is 9.59. The zero-order chi connectivity index (χ0) is 10.3. The Kier molecular flexibility index (Phi) is 2.07. The molecule has 1 aliphatic carbocycles. The number of nitrogens with zero attached hydrogens (tertiary/aromatic N) is 2. The molecule has 1 aliphatic rings. The molecule has 1 aromatic heterocycles. The van der Waals surface area contributed by atoms with Gasteiger partial charge in [-0.15, -0.1) is 0 Å². The number of nitrogens with two attached hydrogens (primary N) is 1. The standard InChI is InChI=1S/C11H17N3/c1-7-6-13-10(14-9(7)5-12)8-4-11(8,2)3/h6,8H,4-5,12H2,1-3H3. The minimum atomic E-state index is 0.390. The van der Waals surface area contributed by atoms with Crippen LogP contribution >= 0.6 is 0 Å². The van der Waals surface area contributed by atoms with Gasteiger partial charge in [0.25, 0.3) is 0 Å². The Bertz CT molecular complexity index is 358. The fourth-order valence-electron chi connectivity index (χ4n) is 1.78. The topological polar surface area (TPSA) is 51.8 Å². The van der Waals surface area contributed by atoms with Crippen molar-refractivity contribution in [2.45, 2.75) is 39.7 Å². The van der Waals surface area contributed by atoms with Gasteiger partial charge in [0.05, 0.1) is 5.69 Å². The van der Waals surface area contributed by atoms with Crippen molar-refractivity contribution >= 4 is 0 Å². The highest BCUT2D eigenvalue weighted by atomic mass is 14.9. The summed E-state index contributed by atoms with van der Waals surface area (Å²) in [5.74, 6) is 1.51. The molecule has 0 aliphatic heterocycles. The van der Waals surface area contributed by atoms with Crippen LogP contribution < -0.4 is 5.73 Å². The van der Waals surface area contributed by atoms with Crippen molar-refractivity contribution in [3.8, 4) is 0 Å². The molecular weight excluding hydrogens is 174 g/mol. The van der Waals surface area contributed by atoms with Gasteiger partial charge in [-0.3, -0.25) is 0 Å². The molecule has 0 saturated heterocycles. The van der Waals surface area contributed by atoms with E-state index in [9.17, 15) is 0 Å². The second-order valence-corrected chi connectivity index (χ2v) is 4.81. The van der Waals surface area contributed by atoms with E-state index in [0.29, 0.717) is 17.9 Å². The molecule has 1 aromatic rings. The predicted molar refractivity (Wildman–Crippen MR) is 55.8 cm³/mol. The SMILES string of the molecule is Cc1cnc(C2CC2(C)C)nc1CN. The van der Waals surface area contributed by atoms with E-state index < -0.39 is 0 Å². The molecule has 2 N–H and O–H groups in total. The highest BCUT2D eigenvalue weighted by molar-refractivity contribution is 5.21. The molecule has 1 atom stereocenters. The Morgan fingerprint density at radius 1 is 1.57 bits per heavy atom. The lowest BCUT2D eigenvalue weighted by Crippen LogP contribution is -2.07. The summed E-state index contributed by atoms with van der Waals surface area (Å²) >= 11 is 0. The molecule has 1 heterocycles. The largest absolute Gasteiger partial charge is 0.325 e. The molecule has 0 spiro atoms. The van der Waals surface area contributed by atoms with Gasteiger partial charge in [0, 0.05) is 18.7 Å². The van der Waals surface area contributed by atoms with Crippen LogP contribution in [0.3, 0.4) is 0 Å². The van der Waals surface area contributed by atoms with Crippen LogP contribution in [-0.2, 0) is 6.54 Å². The minimum Gasteiger partial charge on any atom is -0.325 e. The van der Waals surface area contributed by atoms with Crippen LogP contribution in [0.15, 0.2) is 6.20 Å². The maximum Gasteiger partial charge on any atom is 0.132 e. The molecule has 1 fully saturated rings. The lowest BCUT2D eigenvalue weighted by Gasteiger charge is -2.06. The normalized spacial score (nSPS) is 23.6. The first-order chi connectivity index (χ1) is 6.54. The summed E-state index contributed by atoms with van der Waals surface area (Å²) in [7, 11) is 0. The van der Waals surface area contributed by atoms with Crippen molar-refractivity contribution in [3.05, 3.63) is 23.3 Å². The molecule has 3 heteroatoms. The quantitative estimate of drug-likeness (QED) is 0.775. The third-order valence-corrected chi connectivity index (χ3v) is 3.11. The zero-order valence-corrected chi connectivity index (χ0v) is 9.04. The van der Waals surface area contributed by atoms with Gasteiger partial charge in [0.2, 0.25) is 0 Å². The van der Waals surface area contributed by atoms with Crippen LogP contribution in [0, 0.1) is 12.3 Å². The van der Waals surface area contributed by atoms with Gasteiger partial charge in [-0.05, 0) is 24.3 Å². The lowest BCUT2D eigenvalue weighted by molar-refractivity contribution is 0.606. The van der Waals surface area contributed by atoms with Crippen molar-refractivity contribution in [2.24, 2.45) is 11.1 Å². The van der Waals surface area contributed by atoms with Gasteiger partial charge in [0.15, 0.2) is 0 Å². The molecule has 2 rings (SSSR count). The van der Waals surface area contributed by atoms with E-state index in [1.807, 2.05) is 13.1 Å². The van der Waals surface area contributed by atoms with Crippen molar-refractivity contribution in [2.75, 3.05) is 0 Å². The Hall–Kier alpha value is -0.960. The number of hydrogen-bond acceptors (Lipinski definition) is 3. The second kappa shape index (κ2) is 3.02. The van der Waals surface area contributed by atoms with Crippen LogP contribution in [0.25, 0.3) is 0 Å². The van der Waals surface area contributed by atoms with Crippen LogP contribution in [0.1, 0.15) is 43.3 Å². The first-order valence-corrected chi connectivity index (χ1v) is 5.07. The Labute approximate surface area is 84.8 Å². The zero-order valence-electron chi connectivity index (χ0n) is 9.04. The molecule has 0 aromatic carbocycles. The second-order valence-electron chi connectivity index (χ2n) is 4.81. The van der Waals surface area contributed by atoms with E-state index in [4.69, 9.17) is 5.73 Å². The number of aromatic nitrogens is 2. The third kappa shape index (κ3) is 1.52. The Morgan fingerprint density at radius 3 is 2.71 bits per heavy atom. The molecule has 14 heavy (non-hydrogen) atoms. The fourth-order valence-corrected chi connectivity index (χ4v) is 1.78. The van der Waals surface area contributed by atoms with E-state index in [-0.39, 0.29) is 0 Å². The van der Waals surface area contributed by atoms with Crippen molar-refractivity contribution in [1.82, 2.24) is 9.97 Å². The minimum absolute atomic E-state index is 0.390. The van der Waals surface area contributed by atoms with Gasteiger partial charge in [-0.2, -0.15) is 0 Å². The molecule has 76 valence electrons. The molecular formula is C11H17N3. The summed E-state index contributed by atoms with van der Waals surface area (Å²) in [4.78, 5) is 8.89. The highest BCUT2D eigenvalue weighted by Gasteiger charge is 2.48. The molecule has 1 unspecified atom stereocenters. The van der Waals surface area contributed by atoms with Gasteiger partial charge in [0.1, 0.15) is 5.82 Å². The van der Waals surface area contributed by atoms with E-state index >= 15 is 0 Å².